The maximum absolute atomic E-state index is 12.4. The molecule has 1 aliphatic heterocycles. The zero-order chi connectivity index (χ0) is 17.9. The first-order chi connectivity index (χ1) is 12.7. The number of benzene rings is 1. The monoisotopic (exact) mass is 374 g/mol. The first-order valence-corrected chi connectivity index (χ1v) is 9.81. The van der Waals surface area contributed by atoms with Gasteiger partial charge < -0.3 is 19.4 Å². The number of hydrogen-bond acceptors (Lipinski definition) is 7. The molecule has 1 aromatic carbocycles. The Bertz CT molecular complexity index is 754. The van der Waals surface area contributed by atoms with Crippen molar-refractivity contribution in [3.8, 4) is 0 Å². The first kappa shape index (κ1) is 17.4. The molecule has 1 saturated carbocycles. The Morgan fingerprint density at radius 1 is 1.23 bits per heavy atom. The maximum atomic E-state index is 12.4. The Labute approximate surface area is 156 Å². The van der Waals surface area contributed by atoms with E-state index in [-0.39, 0.29) is 11.2 Å². The molecule has 26 heavy (non-hydrogen) atoms. The number of nitrogens with one attached hydrogen (secondary N) is 1. The number of aromatic nitrogens is 2. The number of hydrogen-bond donors (Lipinski definition) is 1. The van der Waals surface area contributed by atoms with E-state index in [1.807, 2.05) is 31.2 Å². The summed E-state index contributed by atoms with van der Waals surface area (Å²) in [5.74, 6) is 1.03. The highest BCUT2D eigenvalue weighted by Gasteiger charge is 2.30. The Kier molecular flexibility index (Phi) is 5.12. The summed E-state index contributed by atoms with van der Waals surface area (Å²) >= 11 is 1.29. The van der Waals surface area contributed by atoms with Gasteiger partial charge in [0.2, 0.25) is 11.8 Å². The summed E-state index contributed by atoms with van der Waals surface area (Å²) in [5, 5.41) is 11.1. The van der Waals surface area contributed by atoms with Crippen LogP contribution < -0.4 is 10.2 Å². The minimum atomic E-state index is -0.318. The van der Waals surface area contributed by atoms with Crippen molar-refractivity contribution >= 4 is 29.0 Å². The second-order valence-corrected chi connectivity index (χ2v) is 7.87. The van der Waals surface area contributed by atoms with Crippen molar-refractivity contribution in [3.63, 3.8) is 0 Å². The van der Waals surface area contributed by atoms with E-state index in [0.717, 1.165) is 50.5 Å². The Morgan fingerprint density at radius 3 is 2.65 bits per heavy atom. The number of thioether (sulfide) groups is 1. The highest BCUT2D eigenvalue weighted by Crippen LogP contribution is 2.40. The fourth-order valence-corrected chi connectivity index (χ4v) is 3.48. The molecule has 7 nitrogen and oxygen atoms in total. The van der Waals surface area contributed by atoms with Crippen LogP contribution in [0.4, 0.5) is 11.4 Å². The molecule has 2 heterocycles. The number of carbonyl (C=O) groups excluding carboxylic acids is 1. The predicted octanol–water partition coefficient (Wildman–Crippen LogP) is 2.90. The molecule has 0 bridgehead atoms. The van der Waals surface area contributed by atoms with Crippen LogP contribution in [0.25, 0.3) is 0 Å². The van der Waals surface area contributed by atoms with Crippen LogP contribution in [0.2, 0.25) is 0 Å². The summed E-state index contributed by atoms with van der Waals surface area (Å²) in [7, 11) is 0. The lowest BCUT2D eigenvalue weighted by molar-refractivity contribution is -0.115. The van der Waals surface area contributed by atoms with Gasteiger partial charge in [0, 0.05) is 30.4 Å². The van der Waals surface area contributed by atoms with Crippen molar-refractivity contribution in [2.45, 2.75) is 36.2 Å². The number of rotatable bonds is 6. The third kappa shape index (κ3) is 4.19. The average Bonchev–Trinajstić information content (AvgIpc) is 3.42. The summed E-state index contributed by atoms with van der Waals surface area (Å²) in [5.41, 5.74) is 1.93. The smallest absolute Gasteiger partial charge is 0.277 e. The van der Waals surface area contributed by atoms with Gasteiger partial charge in [0.25, 0.3) is 5.22 Å². The summed E-state index contributed by atoms with van der Waals surface area (Å²) < 4.78 is 11.0. The zero-order valence-corrected chi connectivity index (χ0v) is 15.5. The molecule has 2 fully saturated rings. The van der Waals surface area contributed by atoms with Crippen LogP contribution in [0.15, 0.2) is 33.9 Å². The van der Waals surface area contributed by atoms with E-state index in [0.29, 0.717) is 17.0 Å². The van der Waals surface area contributed by atoms with E-state index >= 15 is 0 Å². The Morgan fingerprint density at radius 2 is 1.96 bits per heavy atom. The number of ether oxygens (including phenoxy) is 1. The molecule has 1 amide bonds. The molecule has 0 spiro atoms. The van der Waals surface area contributed by atoms with E-state index in [1.54, 1.807) is 0 Å². The summed E-state index contributed by atoms with van der Waals surface area (Å²) in [4.78, 5) is 14.7. The molecule has 138 valence electrons. The molecule has 1 saturated heterocycles. The molecule has 1 aliphatic carbocycles. The van der Waals surface area contributed by atoms with Crippen LogP contribution in [-0.2, 0) is 9.53 Å². The largest absolute Gasteiger partial charge is 0.416 e. The molecule has 0 radical (unpaired) electrons. The summed E-state index contributed by atoms with van der Waals surface area (Å²) in [6.07, 6.45) is 2.23. The van der Waals surface area contributed by atoms with Crippen molar-refractivity contribution in [1.29, 1.82) is 0 Å². The van der Waals surface area contributed by atoms with Crippen molar-refractivity contribution in [2.24, 2.45) is 0 Å². The molecule has 0 unspecified atom stereocenters. The van der Waals surface area contributed by atoms with Crippen molar-refractivity contribution in [2.75, 3.05) is 36.5 Å². The van der Waals surface area contributed by atoms with Crippen LogP contribution in [0.5, 0.6) is 0 Å². The number of morpholine rings is 1. The fourth-order valence-electron chi connectivity index (χ4n) is 2.79. The lowest BCUT2D eigenvalue weighted by Gasteiger charge is -2.28. The molecular formula is C18H22N4O3S. The molecule has 8 heteroatoms. The summed E-state index contributed by atoms with van der Waals surface area (Å²) in [6.45, 7) is 5.14. The van der Waals surface area contributed by atoms with Gasteiger partial charge in [-0.15, -0.1) is 10.2 Å². The van der Waals surface area contributed by atoms with E-state index in [2.05, 4.69) is 20.4 Å². The van der Waals surface area contributed by atoms with E-state index < -0.39 is 0 Å². The van der Waals surface area contributed by atoms with Crippen molar-refractivity contribution in [1.82, 2.24) is 10.2 Å². The molecular weight excluding hydrogens is 352 g/mol. The van der Waals surface area contributed by atoms with Crippen LogP contribution in [-0.4, -0.2) is 47.7 Å². The molecule has 1 aromatic heterocycles. The first-order valence-electron chi connectivity index (χ1n) is 8.93. The lowest BCUT2D eigenvalue weighted by Crippen LogP contribution is -2.36. The van der Waals surface area contributed by atoms with Gasteiger partial charge in [-0.2, -0.15) is 0 Å². The van der Waals surface area contributed by atoms with Gasteiger partial charge in [-0.1, -0.05) is 11.8 Å². The lowest BCUT2D eigenvalue weighted by atomic mass is 10.2. The number of nitrogens with zero attached hydrogens (tertiary/aromatic N) is 3. The second kappa shape index (κ2) is 7.67. The minimum Gasteiger partial charge on any atom is -0.416 e. The third-order valence-corrected chi connectivity index (χ3v) is 5.44. The van der Waals surface area contributed by atoms with E-state index in [1.165, 1.54) is 11.8 Å². The van der Waals surface area contributed by atoms with E-state index in [4.69, 9.17) is 9.15 Å². The molecule has 1 atom stereocenters. The standard InChI is InChI=1S/C18H22N4O3S/c1-12(26-18-21-20-17(25-18)13-2-3-13)16(23)19-14-4-6-15(7-5-14)22-8-10-24-11-9-22/h4-7,12-13H,2-3,8-11H2,1H3,(H,19,23)/t12-/m0/s1. The van der Waals surface area contributed by atoms with Gasteiger partial charge in [0.1, 0.15) is 0 Å². The topological polar surface area (TPSA) is 80.5 Å². The van der Waals surface area contributed by atoms with Crippen LogP contribution in [0.3, 0.4) is 0 Å². The third-order valence-electron chi connectivity index (χ3n) is 4.51. The van der Waals surface area contributed by atoms with Crippen molar-refractivity contribution < 1.29 is 13.9 Å². The van der Waals surface area contributed by atoms with Crippen molar-refractivity contribution in [3.05, 3.63) is 30.2 Å². The van der Waals surface area contributed by atoms with Gasteiger partial charge in [-0.05, 0) is 44.0 Å². The number of anilines is 2. The van der Waals surface area contributed by atoms with Gasteiger partial charge >= 0.3 is 0 Å². The minimum absolute atomic E-state index is 0.0831. The Balaban J connectivity index is 1.31. The van der Waals surface area contributed by atoms with Crippen LogP contribution in [0, 0.1) is 0 Å². The predicted molar refractivity (Wildman–Crippen MR) is 99.7 cm³/mol. The van der Waals surface area contributed by atoms with Gasteiger partial charge in [-0.25, -0.2) is 0 Å². The molecule has 1 N–H and O–H groups in total. The van der Waals surface area contributed by atoms with Gasteiger partial charge in [-0.3, -0.25) is 4.79 Å². The average molecular weight is 374 g/mol. The highest BCUT2D eigenvalue weighted by atomic mass is 32.2. The highest BCUT2D eigenvalue weighted by molar-refractivity contribution is 8.00. The van der Waals surface area contributed by atoms with Crippen LogP contribution in [0.1, 0.15) is 31.6 Å². The Hall–Kier alpha value is -2.06. The molecule has 4 rings (SSSR count). The van der Waals surface area contributed by atoms with Crippen LogP contribution >= 0.6 is 11.8 Å². The summed E-state index contributed by atoms with van der Waals surface area (Å²) in [6, 6.07) is 7.91. The van der Waals surface area contributed by atoms with Gasteiger partial charge in [0.05, 0.1) is 18.5 Å². The number of amides is 1. The molecule has 2 aromatic rings. The number of carbonyl (C=O) groups is 1. The quantitative estimate of drug-likeness (QED) is 0.779. The van der Waals surface area contributed by atoms with E-state index in [9.17, 15) is 4.79 Å². The SMILES string of the molecule is C[C@H](Sc1nnc(C2CC2)o1)C(=O)Nc1ccc(N2CCOCC2)cc1. The molecule has 2 aliphatic rings. The maximum Gasteiger partial charge on any atom is 0.277 e. The fraction of sp³-hybridized carbons (Fsp3) is 0.500. The normalized spacial score (nSPS) is 18.6. The van der Waals surface area contributed by atoms with Gasteiger partial charge in [0.15, 0.2) is 0 Å². The second-order valence-electron chi connectivity index (χ2n) is 6.58. The zero-order valence-electron chi connectivity index (χ0n) is 14.7.